The van der Waals surface area contributed by atoms with Crippen LogP contribution in [0.2, 0.25) is 0 Å². The fraction of sp³-hybridized carbons (Fsp3) is 0.321. The Morgan fingerprint density at radius 1 is 0.882 bits per heavy atom. The Morgan fingerprint density at radius 2 is 1.62 bits per heavy atom. The number of fused-ring (bicyclic) bond motifs is 3. The van der Waals surface area contributed by atoms with E-state index in [0.29, 0.717) is 17.4 Å². The van der Waals surface area contributed by atoms with Crippen LogP contribution in [0.4, 0.5) is 0 Å². The van der Waals surface area contributed by atoms with Gasteiger partial charge in [-0.05, 0) is 35.7 Å². The summed E-state index contributed by atoms with van der Waals surface area (Å²) in [4.78, 5) is 0. The topological polar surface area (TPSA) is 52.5 Å². The van der Waals surface area contributed by atoms with E-state index in [1.165, 1.54) is 5.56 Å². The van der Waals surface area contributed by atoms with E-state index in [2.05, 4.69) is 49.2 Å². The van der Waals surface area contributed by atoms with Crippen LogP contribution < -0.4 is 18.9 Å². The quantitative estimate of drug-likeness (QED) is 0.448. The van der Waals surface area contributed by atoms with Gasteiger partial charge >= 0.3 is 0 Å². The number of hydrogen-bond acceptors (Lipinski definition) is 6. The largest absolute Gasteiger partial charge is 0.493 e. The molecule has 0 saturated heterocycles. The minimum atomic E-state index is -0.354. The number of benzene rings is 3. The van der Waals surface area contributed by atoms with Gasteiger partial charge in [0.05, 0.1) is 33.1 Å². The zero-order valence-electron chi connectivity index (χ0n) is 20.2. The van der Waals surface area contributed by atoms with Gasteiger partial charge in [0.25, 0.3) is 0 Å². The molecule has 0 unspecified atom stereocenters. The summed E-state index contributed by atoms with van der Waals surface area (Å²) in [5.74, 6) is 3.38. The number of hydrazone groups is 1. The molecular formula is C28H30N2O4. The van der Waals surface area contributed by atoms with Crippen molar-refractivity contribution in [1.29, 1.82) is 0 Å². The maximum Gasteiger partial charge on any atom is 0.214 e. The number of hydrogen-bond donors (Lipinski definition) is 0. The van der Waals surface area contributed by atoms with Crippen LogP contribution in [0.25, 0.3) is 0 Å². The molecule has 2 heterocycles. The molecule has 5 rings (SSSR count). The number of nitrogens with zero attached hydrogens (tertiary/aromatic N) is 2. The Labute approximate surface area is 200 Å². The van der Waals surface area contributed by atoms with E-state index in [-0.39, 0.29) is 12.3 Å². The van der Waals surface area contributed by atoms with Crippen LogP contribution in [-0.4, -0.2) is 32.0 Å². The van der Waals surface area contributed by atoms with Crippen LogP contribution in [0.1, 0.15) is 60.7 Å². The fourth-order valence-electron chi connectivity index (χ4n) is 4.70. The lowest BCUT2D eigenvalue weighted by Crippen LogP contribution is -2.33. The minimum absolute atomic E-state index is 0.0386. The van der Waals surface area contributed by atoms with E-state index >= 15 is 0 Å². The molecule has 2 aliphatic rings. The molecule has 0 spiro atoms. The summed E-state index contributed by atoms with van der Waals surface area (Å²) in [5.41, 5.74) is 5.42. The molecule has 6 nitrogen and oxygen atoms in total. The predicted molar refractivity (Wildman–Crippen MR) is 132 cm³/mol. The molecule has 0 N–H and O–H groups in total. The van der Waals surface area contributed by atoms with Gasteiger partial charge in [-0.15, -0.1) is 0 Å². The lowest BCUT2D eigenvalue weighted by atomic mass is 9.95. The van der Waals surface area contributed by atoms with Gasteiger partial charge in [-0.1, -0.05) is 50.2 Å². The van der Waals surface area contributed by atoms with E-state index in [1.54, 1.807) is 21.3 Å². The van der Waals surface area contributed by atoms with Crippen molar-refractivity contribution >= 4 is 5.71 Å². The molecule has 0 amide bonds. The summed E-state index contributed by atoms with van der Waals surface area (Å²) in [6.07, 6.45) is 0.396. The van der Waals surface area contributed by atoms with Gasteiger partial charge in [-0.2, -0.15) is 5.10 Å². The number of ether oxygens (including phenoxy) is 4. The third-order valence-electron chi connectivity index (χ3n) is 6.61. The molecule has 6 heteroatoms. The number of methoxy groups -OCH3 is 3. The second-order valence-electron chi connectivity index (χ2n) is 8.89. The second kappa shape index (κ2) is 8.93. The van der Waals surface area contributed by atoms with Gasteiger partial charge in [0, 0.05) is 23.1 Å². The Kier molecular flexibility index (Phi) is 5.82. The lowest BCUT2D eigenvalue weighted by molar-refractivity contribution is -0.0209. The highest BCUT2D eigenvalue weighted by Gasteiger charge is 2.42. The SMILES string of the molecule is COc1ccc(C2=NN3[C@@H](C2)c2cccc(OC)c2O[C@H]3c2ccc(C(C)C)cc2)cc1OC. The monoisotopic (exact) mass is 458 g/mol. The summed E-state index contributed by atoms with van der Waals surface area (Å²) in [6.45, 7) is 4.40. The van der Waals surface area contributed by atoms with Crippen molar-refractivity contribution < 1.29 is 18.9 Å². The summed E-state index contributed by atoms with van der Waals surface area (Å²) < 4.78 is 23.2. The van der Waals surface area contributed by atoms with Crippen molar-refractivity contribution in [3.05, 3.63) is 82.9 Å². The van der Waals surface area contributed by atoms with Crippen LogP contribution in [0.3, 0.4) is 0 Å². The average Bonchev–Trinajstić information content (AvgIpc) is 3.33. The third-order valence-corrected chi connectivity index (χ3v) is 6.61. The van der Waals surface area contributed by atoms with Gasteiger partial charge in [0.15, 0.2) is 23.0 Å². The standard InChI is InChI=1S/C28H30N2O4/c1-17(2)18-9-11-19(12-10-18)28-30-23(21-7-6-8-25(32-4)27(21)34-28)16-22(29-30)20-13-14-24(31-3)26(15-20)33-5/h6-15,17,23,28H,16H2,1-5H3/t23-,28-/m0/s1. The summed E-state index contributed by atoms with van der Waals surface area (Å²) >= 11 is 0. The minimum Gasteiger partial charge on any atom is -0.493 e. The van der Waals surface area contributed by atoms with Crippen LogP contribution >= 0.6 is 0 Å². The predicted octanol–water partition coefficient (Wildman–Crippen LogP) is 6.08. The van der Waals surface area contributed by atoms with E-state index in [9.17, 15) is 0 Å². The molecule has 2 aliphatic heterocycles. The molecule has 0 radical (unpaired) electrons. The first-order chi connectivity index (χ1) is 16.5. The third kappa shape index (κ3) is 3.73. The van der Waals surface area contributed by atoms with Crippen molar-refractivity contribution in [2.45, 2.75) is 38.5 Å². The average molecular weight is 459 g/mol. The molecule has 0 aliphatic carbocycles. The summed E-state index contributed by atoms with van der Waals surface area (Å²) in [5, 5.41) is 7.15. The molecule has 2 atom stereocenters. The number of rotatable bonds is 6. The zero-order valence-corrected chi connectivity index (χ0v) is 20.2. The molecule has 0 aromatic heterocycles. The van der Waals surface area contributed by atoms with Crippen LogP contribution in [0.5, 0.6) is 23.0 Å². The fourth-order valence-corrected chi connectivity index (χ4v) is 4.70. The van der Waals surface area contributed by atoms with Gasteiger partial charge < -0.3 is 18.9 Å². The first-order valence-corrected chi connectivity index (χ1v) is 11.6. The lowest BCUT2D eigenvalue weighted by Gasteiger charge is -2.38. The van der Waals surface area contributed by atoms with Crippen molar-refractivity contribution in [1.82, 2.24) is 5.01 Å². The molecule has 3 aromatic rings. The van der Waals surface area contributed by atoms with E-state index in [1.807, 2.05) is 30.3 Å². The normalized spacial score (nSPS) is 18.6. The van der Waals surface area contributed by atoms with Crippen LogP contribution in [-0.2, 0) is 0 Å². The number of para-hydroxylation sites is 1. The van der Waals surface area contributed by atoms with E-state index in [4.69, 9.17) is 24.0 Å². The van der Waals surface area contributed by atoms with Crippen molar-refractivity contribution in [2.75, 3.05) is 21.3 Å². The Morgan fingerprint density at radius 3 is 2.29 bits per heavy atom. The van der Waals surface area contributed by atoms with Crippen molar-refractivity contribution in [3.8, 4) is 23.0 Å². The molecule has 0 bridgehead atoms. The Bertz CT molecular complexity index is 1220. The van der Waals surface area contributed by atoms with E-state index in [0.717, 1.165) is 40.3 Å². The maximum absolute atomic E-state index is 6.57. The molecule has 176 valence electrons. The van der Waals surface area contributed by atoms with Gasteiger partial charge in [-0.25, -0.2) is 5.01 Å². The molecule has 34 heavy (non-hydrogen) atoms. The molecule has 3 aromatic carbocycles. The first-order valence-electron chi connectivity index (χ1n) is 11.6. The smallest absolute Gasteiger partial charge is 0.214 e. The highest BCUT2D eigenvalue weighted by Crippen LogP contribution is 2.51. The maximum atomic E-state index is 6.57. The van der Waals surface area contributed by atoms with Crippen molar-refractivity contribution in [3.63, 3.8) is 0 Å². The Hall–Kier alpha value is -3.67. The van der Waals surface area contributed by atoms with Gasteiger partial charge in [0.2, 0.25) is 6.23 Å². The summed E-state index contributed by atoms with van der Waals surface area (Å²) in [7, 11) is 4.97. The van der Waals surface area contributed by atoms with E-state index < -0.39 is 0 Å². The van der Waals surface area contributed by atoms with Crippen LogP contribution in [0, 0.1) is 0 Å². The first kappa shape index (κ1) is 22.1. The Balaban J connectivity index is 1.58. The molecule has 0 saturated carbocycles. The highest BCUT2D eigenvalue weighted by molar-refractivity contribution is 6.02. The highest BCUT2D eigenvalue weighted by atomic mass is 16.5. The zero-order chi connectivity index (χ0) is 23.8. The van der Waals surface area contributed by atoms with Gasteiger partial charge in [-0.3, -0.25) is 0 Å². The molecule has 0 fully saturated rings. The summed E-state index contributed by atoms with van der Waals surface area (Å²) in [6, 6.07) is 20.6. The van der Waals surface area contributed by atoms with Crippen molar-refractivity contribution in [2.24, 2.45) is 5.10 Å². The second-order valence-corrected chi connectivity index (χ2v) is 8.89. The van der Waals surface area contributed by atoms with Crippen LogP contribution in [0.15, 0.2) is 65.8 Å². The molecular weight excluding hydrogens is 428 g/mol. The van der Waals surface area contributed by atoms with Gasteiger partial charge in [0.1, 0.15) is 0 Å².